The van der Waals surface area contributed by atoms with Crippen molar-refractivity contribution in [2.45, 2.75) is 97.3 Å². The van der Waals surface area contributed by atoms with Crippen molar-refractivity contribution in [2.24, 2.45) is 0 Å². The first-order chi connectivity index (χ1) is 9.31. The fraction of sp³-hybridized carbons (Fsp3) is 0.889. The van der Waals surface area contributed by atoms with Gasteiger partial charge in [0.05, 0.1) is 0 Å². The normalized spacial score (nSPS) is 12.1. The van der Waals surface area contributed by atoms with Crippen molar-refractivity contribution in [3.63, 3.8) is 0 Å². The van der Waals surface area contributed by atoms with Gasteiger partial charge in [0.1, 0.15) is 0 Å². The number of hydrogen-bond donors (Lipinski definition) is 1. The molecular weight excluding hydrogens is 232 g/mol. The van der Waals surface area contributed by atoms with Crippen molar-refractivity contribution < 1.29 is 5.11 Å². The Morgan fingerprint density at radius 2 is 1.32 bits per heavy atom. The molecule has 0 unspecified atom stereocenters. The summed E-state index contributed by atoms with van der Waals surface area (Å²) in [6.45, 7) is 4.91. The van der Waals surface area contributed by atoms with Crippen molar-refractivity contribution in [2.75, 3.05) is 6.61 Å². The molecular formula is C18H36O. The molecule has 0 spiro atoms. The van der Waals surface area contributed by atoms with Gasteiger partial charge in [0, 0.05) is 6.61 Å². The van der Waals surface area contributed by atoms with Crippen molar-refractivity contribution in [1.29, 1.82) is 0 Å². The topological polar surface area (TPSA) is 20.2 Å². The maximum Gasteiger partial charge on any atom is 0.0431 e. The van der Waals surface area contributed by atoms with Gasteiger partial charge in [0.15, 0.2) is 0 Å². The molecule has 0 rings (SSSR count). The van der Waals surface area contributed by atoms with E-state index in [-0.39, 0.29) is 0 Å². The lowest BCUT2D eigenvalue weighted by molar-refractivity contribution is 0.282. The molecule has 1 heteroatoms. The van der Waals surface area contributed by atoms with Crippen molar-refractivity contribution in [1.82, 2.24) is 0 Å². The first kappa shape index (κ1) is 18.7. The van der Waals surface area contributed by atoms with Gasteiger partial charge in [-0.25, -0.2) is 0 Å². The Labute approximate surface area is 121 Å². The summed E-state index contributed by atoms with van der Waals surface area (Å²) >= 11 is 0. The van der Waals surface area contributed by atoms with Crippen molar-refractivity contribution in [3.05, 3.63) is 11.6 Å². The Kier molecular flexibility index (Phi) is 15.5. The number of hydrogen-bond acceptors (Lipinski definition) is 1. The van der Waals surface area contributed by atoms with Crippen LogP contribution in [0.5, 0.6) is 0 Å². The molecule has 0 atom stereocenters. The summed E-state index contributed by atoms with van der Waals surface area (Å²) in [7, 11) is 0. The molecule has 114 valence electrons. The summed E-state index contributed by atoms with van der Waals surface area (Å²) in [4.78, 5) is 0. The summed E-state index contributed by atoms with van der Waals surface area (Å²) < 4.78 is 0. The Morgan fingerprint density at radius 3 is 1.84 bits per heavy atom. The quantitative estimate of drug-likeness (QED) is 0.302. The highest BCUT2D eigenvalue weighted by atomic mass is 16.2. The average molecular weight is 268 g/mol. The maximum absolute atomic E-state index is 8.67. The summed E-state index contributed by atoms with van der Waals surface area (Å²) in [5.41, 5.74) is 1.59. The molecule has 0 heterocycles. The van der Waals surface area contributed by atoms with E-state index in [1.54, 1.807) is 5.57 Å². The van der Waals surface area contributed by atoms with Gasteiger partial charge in [-0.15, -0.1) is 0 Å². The second-order valence-electron chi connectivity index (χ2n) is 5.85. The molecule has 0 aliphatic rings. The largest absolute Gasteiger partial charge is 0.396 e. The van der Waals surface area contributed by atoms with E-state index in [4.69, 9.17) is 5.11 Å². The van der Waals surface area contributed by atoms with Crippen LogP contribution in [0.3, 0.4) is 0 Å². The molecule has 19 heavy (non-hydrogen) atoms. The number of aliphatic hydroxyl groups is 1. The van der Waals surface area contributed by atoms with E-state index in [0.29, 0.717) is 6.61 Å². The lowest BCUT2D eigenvalue weighted by atomic mass is 10.0. The molecule has 0 aliphatic carbocycles. The first-order valence-electron chi connectivity index (χ1n) is 8.57. The molecule has 0 amide bonds. The predicted octanol–water partition coefficient (Wildman–Crippen LogP) is 6.02. The van der Waals surface area contributed by atoms with Gasteiger partial charge in [0.2, 0.25) is 0 Å². The van der Waals surface area contributed by atoms with E-state index in [1.165, 1.54) is 77.0 Å². The van der Waals surface area contributed by atoms with Crippen molar-refractivity contribution >= 4 is 0 Å². The monoisotopic (exact) mass is 268 g/mol. The van der Waals surface area contributed by atoms with Crippen LogP contribution in [0.4, 0.5) is 0 Å². The molecule has 0 aromatic rings. The highest BCUT2D eigenvalue weighted by Crippen LogP contribution is 2.12. The smallest absolute Gasteiger partial charge is 0.0431 e. The Bertz CT molecular complexity index is 196. The minimum absolute atomic E-state index is 0.366. The van der Waals surface area contributed by atoms with E-state index in [0.717, 1.165) is 6.42 Å². The molecule has 1 nitrogen and oxygen atoms in total. The highest BCUT2D eigenvalue weighted by Gasteiger charge is 1.93. The molecule has 0 saturated carbocycles. The van der Waals surface area contributed by atoms with Crippen LogP contribution in [-0.2, 0) is 0 Å². The van der Waals surface area contributed by atoms with Gasteiger partial charge < -0.3 is 5.11 Å². The third kappa shape index (κ3) is 15.6. The second-order valence-corrected chi connectivity index (χ2v) is 5.85. The minimum atomic E-state index is 0.366. The van der Waals surface area contributed by atoms with Crippen LogP contribution >= 0.6 is 0 Å². The molecule has 0 aromatic heterocycles. The average Bonchev–Trinajstić information content (AvgIpc) is 2.42. The molecule has 1 N–H and O–H groups in total. The number of unbranched alkanes of at least 4 members (excludes halogenated alkanes) is 10. The van der Waals surface area contributed by atoms with E-state index in [9.17, 15) is 0 Å². The second kappa shape index (κ2) is 15.8. The zero-order valence-corrected chi connectivity index (χ0v) is 13.4. The third-order valence-electron chi connectivity index (χ3n) is 3.78. The lowest BCUT2D eigenvalue weighted by Crippen LogP contribution is -1.84. The maximum atomic E-state index is 8.67. The predicted molar refractivity (Wildman–Crippen MR) is 86.5 cm³/mol. The van der Waals surface area contributed by atoms with Gasteiger partial charge in [-0.2, -0.15) is 0 Å². The van der Waals surface area contributed by atoms with Crippen LogP contribution < -0.4 is 0 Å². The van der Waals surface area contributed by atoms with E-state index >= 15 is 0 Å². The van der Waals surface area contributed by atoms with Crippen molar-refractivity contribution in [3.8, 4) is 0 Å². The first-order valence-corrected chi connectivity index (χ1v) is 8.57. The SMILES string of the molecule is CCCCC(C)=CCCCCCCCCCCCO. The van der Waals surface area contributed by atoms with Gasteiger partial charge >= 0.3 is 0 Å². The minimum Gasteiger partial charge on any atom is -0.396 e. The summed E-state index contributed by atoms with van der Waals surface area (Å²) in [6, 6.07) is 0. The fourth-order valence-corrected chi connectivity index (χ4v) is 2.40. The van der Waals surface area contributed by atoms with Gasteiger partial charge in [-0.1, -0.05) is 69.9 Å². The molecule has 0 radical (unpaired) electrons. The van der Waals surface area contributed by atoms with Crippen LogP contribution in [0, 0.1) is 0 Å². The summed E-state index contributed by atoms with van der Waals surface area (Å²) in [5, 5.41) is 8.67. The molecule has 0 fully saturated rings. The number of allylic oxidation sites excluding steroid dienone is 2. The molecule has 0 bridgehead atoms. The highest BCUT2D eigenvalue weighted by molar-refractivity contribution is 4.97. The Balaban J connectivity index is 3.14. The molecule has 0 saturated heterocycles. The number of rotatable bonds is 14. The lowest BCUT2D eigenvalue weighted by Gasteiger charge is -2.02. The number of aliphatic hydroxyl groups excluding tert-OH is 1. The Hall–Kier alpha value is -0.300. The summed E-state index contributed by atoms with van der Waals surface area (Å²) in [6.07, 6.45) is 19.5. The van der Waals surface area contributed by atoms with Crippen LogP contribution in [0.1, 0.15) is 97.3 Å². The van der Waals surface area contributed by atoms with E-state index in [2.05, 4.69) is 19.9 Å². The van der Waals surface area contributed by atoms with Gasteiger partial charge in [-0.05, 0) is 39.0 Å². The summed E-state index contributed by atoms with van der Waals surface area (Å²) in [5.74, 6) is 0. The zero-order valence-electron chi connectivity index (χ0n) is 13.4. The van der Waals surface area contributed by atoms with Crippen LogP contribution in [-0.4, -0.2) is 11.7 Å². The van der Waals surface area contributed by atoms with E-state index in [1.807, 2.05) is 0 Å². The van der Waals surface area contributed by atoms with E-state index < -0.39 is 0 Å². The van der Waals surface area contributed by atoms with Crippen LogP contribution in [0.2, 0.25) is 0 Å². The van der Waals surface area contributed by atoms with Crippen LogP contribution in [0.15, 0.2) is 11.6 Å². The fourth-order valence-electron chi connectivity index (χ4n) is 2.40. The third-order valence-corrected chi connectivity index (χ3v) is 3.78. The van der Waals surface area contributed by atoms with Gasteiger partial charge in [-0.3, -0.25) is 0 Å². The zero-order chi connectivity index (χ0) is 14.2. The standard InChI is InChI=1S/C18H36O/c1-3-4-15-18(2)16-13-11-9-7-5-6-8-10-12-14-17-19/h16,19H,3-15,17H2,1-2H3. The molecule has 0 aliphatic heterocycles. The Morgan fingerprint density at radius 1 is 0.789 bits per heavy atom. The van der Waals surface area contributed by atoms with Gasteiger partial charge in [0.25, 0.3) is 0 Å². The molecule has 0 aromatic carbocycles. The van der Waals surface area contributed by atoms with Crippen LogP contribution in [0.25, 0.3) is 0 Å².